The van der Waals surface area contributed by atoms with E-state index in [-0.39, 0.29) is 41.8 Å². The van der Waals surface area contributed by atoms with Crippen LogP contribution in [0.2, 0.25) is 0 Å². The molecule has 226 valence electrons. The van der Waals surface area contributed by atoms with Gasteiger partial charge in [0.05, 0.1) is 17.0 Å². The molecular formula is C29H39N6O6S+. The number of carboxylic acids is 1. The van der Waals surface area contributed by atoms with Crippen molar-refractivity contribution in [3.05, 3.63) is 65.7 Å². The number of likely N-dealkylation sites (tertiary alicyclic amines) is 2. The number of aromatic carboxylic acids is 1. The number of benzene rings is 2. The van der Waals surface area contributed by atoms with Gasteiger partial charge in [-0.1, -0.05) is 36.4 Å². The van der Waals surface area contributed by atoms with Crippen molar-refractivity contribution >= 4 is 33.9 Å². The van der Waals surface area contributed by atoms with E-state index in [1.54, 1.807) is 36.1 Å². The van der Waals surface area contributed by atoms with Crippen molar-refractivity contribution in [3.8, 4) is 0 Å². The smallest absolute Gasteiger partial charge is 0.421 e. The van der Waals surface area contributed by atoms with E-state index in [1.165, 1.54) is 18.2 Å². The fourth-order valence-electron chi connectivity index (χ4n) is 6.18. The van der Waals surface area contributed by atoms with Crippen molar-refractivity contribution in [1.82, 2.24) is 9.21 Å². The fourth-order valence-corrected chi connectivity index (χ4v) is 7.89. The van der Waals surface area contributed by atoms with Crippen molar-refractivity contribution in [2.45, 2.75) is 56.0 Å². The monoisotopic (exact) mass is 599 g/mol. The summed E-state index contributed by atoms with van der Waals surface area (Å²) in [5.74, 6) is -2.11. The van der Waals surface area contributed by atoms with E-state index in [0.717, 1.165) is 10.4 Å². The number of imide groups is 1. The van der Waals surface area contributed by atoms with Crippen LogP contribution >= 0.6 is 0 Å². The Morgan fingerprint density at radius 2 is 1.74 bits per heavy atom. The second-order valence-electron chi connectivity index (χ2n) is 11.2. The summed E-state index contributed by atoms with van der Waals surface area (Å²) < 4.78 is 29.4. The van der Waals surface area contributed by atoms with Crippen LogP contribution in [0.3, 0.4) is 0 Å². The summed E-state index contributed by atoms with van der Waals surface area (Å²) in [6.07, 6.45) is 2.23. The molecule has 4 rings (SSSR count). The van der Waals surface area contributed by atoms with Gasteiger partial charge >= 0.3 is 17.9 Å². The first-order chi connectivity index (χ1) is 19.9. The highest BCUT2D eigenvalue weighted by Crippen LogP contribution is 2.33. The van der Waals surface area contributed by atoms with E-state index in [9.17, 15) is 27.9 Å². The predicted octanol–water partition coefficient (Wildman–Crippen LogP) is 2.20. The molecule has 2 aliphatic rings. The van der Waals surface area contributed by atoms with Crippen molar-refractivity contribution in [1.29, 1.82) is 5.41 Å². The third-order valence-electron chi connectivity index (χ3n) is 8.66. The number of primary amides is 1. The number of piperidine rings is 1. The maximum Gasteiger partial charge on any atom is 0.421 e. The maximum absolute atomic E-state index is 14.6. The lowest BCUT2D eigenvalue weighted by atomic mass is 9.95. The summed E-state index contributed by atoms with van der Waals surface area (Å²) in [6, 6.07) is 11.5. The van der Waals surface area contributed by atoms with Gasteiger partial charge in [-0.05, 0) is 49.4 Å². The molecule has 0 bridgehead atoms. The van der Waals surface area contributed by atoms with Crippen molar-refractivity contribution in [2.24, 2.45) is 17.4 Å². The second-order valence-corrected chi connectivity index (χ2v) is 13.1. The molecular weight excluding hydrogens is 560 g/mol. The zero-order valence-corrected chi connectivity index (χ0v) is 24.5. The normalized spacial score (nSPS) is 22.1. The Kier molecular flexibility index (Phi) is 9.34. The summed E-state index contributed by atoms with van der Waals surface area (Å²) in [5, 5.41) is 17.3. The van der Waals surface area contributed by atoms with Crippen LogP contribution in [-0.2, 0) is 21.2 Å². The first kappa shape index (κ1) is 31.1. The fraction of sp³-hybridized carbons (Fsp3) is 0.448. The quantitative estimate of drug-likeness (QED) is 0.192. The molecule has 12 nitrogen and oxygen atoms in total. The Hall–Kier alpha value is -3.81. The molecule has 1 unspecified atom stereocenters. The molecule has 0 radical (unpaired) electrons. The van der Waals surface area contributed by atoms with Crippen molar-refractivity contribution < 1.29 is 32.4 Å². The van der Waals surface area contributed by atoms with E-state index in [2.05, 4.69) is 0 Å². The molecule has 2 aromatic rings. The molecule has 0 aliphatic carbocycles. The highest BCUT2D eigenvalue weighted by atomic mass is 32.2. The molecule has 2 aliphatic heterocycles. The second kappa shape index (κ2) is 12.6. The van der Waals surface area contributed by atoms with Gasteiger partial charge in [-0.25, -0.2) is 22.8 Å². The number of rotatable bonds is 9. The van der Waals surface area contributed by atoms with Gasteiger partial charge in [0.25, 0.3) is 0 Å². The number of carbonyl (C=O) groups excluding carboxylic acids is 2. The predicted molar refractivity (Wildman–Crippen MR) is 156 cm³/mol. The van der Waals surface area contributed by atoms with Crippen LogP contribution < -0.4 is 11.5 Å². The summed E-state index contributed by atoms with van der Waals surface area (Å²) in [5.41, 5.74) is 12.1. The number of guanidine groups is 1. The van der Waals surface area contributed by atoms with Crippen LogP contribution in [0.1, 0.15) is 48.5 Å². The van der Waals surface area contributed by atoms with Crippen LogP contribution in [0.25, 0.3) is 0 Å². The molecule has 6 N–H and O–H groups in total. The lowest BCUT2D eigenvalue weighted by Gasteiger charge is -2.40. The number of nitrogens with one attached hydrogen (secondary N) is 1. The third-order valence-corrected chi connectivity index (χ3v) is 10.5. The van der Waals surface area contributed by atoms with Gasteiger partial charge in [-0.15, -0.1) is 0 Å². The zero-order chi connectivity index (χ0) is 30.7. The molecule has 0 aromatic heterocycles. The highest BCUT2D eigenvalue weighted by Gasteiger charge is 2.56. The van der Waals surface area contributed by atoms with Gasteiger partial charge in [-0.3, -0.25) is 5.41 Å². The summed E-state index contributed by atoms with van der Waals surface area (Å²) >= 11 is 0. The van der Waals surface area contributed by atoms with Gasteiger partial charge in [0, 0.05) is 38.9 Å². The molecule has 0 saturated carbocycles. The Morgan fingerprint density at radius 3 is 2.29 bits per heavy atom. The average Bonchev–Trinajstić information content (AvgIpc) is 3.37. The molecule has 2 fully saturated rings. The molecule has 2 saturated heterocycles. The SMILES string of the molecule is C[C@@H]1CCC[N+]1(C(N)=O)C(=O)[C@@H](Cc1ccccc1)N(CC1CCN(C(=N)N)CC1)S(=O)(=O)c1cccc(C(=O)O)c1. The Balaban J connectivity index is 1.84. The zero-order valence-electron chi connectivity index (χ0n) is 23.7. The van der Waals surface area contributed by atoms with Crippen LogP contribution in [0.5, 0.6) is 0 Å². The number of nitrogens with zero attached hydrogens (tertiary/aromatic N) is 3. The lowest BCUT2D eigenvalue weighted by Crippen LogP contribution is -2.67. The van der Waals surface area contributed by atoms with E-state index in [4.69, 9.17) is 16.9 Å². The van der Waals surface area contributed by atoms with Crippen LogP contribution in [-0.4, -0.2) is 89.3 Å². The van der Waals surface area contributed by atoms with Crippen LogP contribution in [0.4, 0.5) is 4.79 Å². The largest absolute Gasteiger partial charge is 0.478 e. The lowest BCUT2D eigenvalue weighted by molar-refractivity contribution is -0.784. The number of urea groups is 1. The van der Waals surface area contributed by atoms with E-state index in [0.29, 0.717) is 44.3 Å². The van der Waals surface area contributed by atoms with E-state index >= 15 is 0 Å². The first-order valence-electron chi connectivity index (χ1n) is 14.1. The van der Waals surface area contributed by atoms with E-state index in [1.807, 2.05) is 6.07 Å². The van der Waals surface area contributed by atoms with Crippen molar-refractivity contribution in [3.63, 3.8) is 0 Å². The number of quaternary nitrogens is 1. The standard InChI is InChI=1S/C29H38N6O6S/c1-20-7-6-16-35(20,29(32)39)26(36)25(17-21-8-3-2-4-9-21)34(19-22-12-14-33(15-13-22)28(30)31)42(40,41)24-11-5-10-23(18-24)27(37)38/h2-5,8-11,18,20,22,25H,6-7,12-17,19H2,1H3,(H5-,30,31,32,37,38,39)/p+1/t20-,25-,35?/m1/s1. The number of hydrogen-bond acceptors (Lipinski definition) is 6. The number of nitrogens with two attached hydrogens (primary N) is 2. The topological polar surface area (TPSA) is 188 Å². The Morgan fingerprint density at radius 1 is 1.07 bits per heavy atom. The highest BCUT2D eigenvalue weighted by molar-refractivity contribution is 7.89. The van der Waals surface area contributed by atoms with Gasteiger partial charge in [0.1, 0.15) is 12.1 Å². The maximum atomic E-state index is 14.6. The molecule has 0 spiro atoms. The van der Waals surface area contributed by atoms with E-state index < -0.39 is 44.5 Å². The summed E-state index contributed by atoms with van der Waals surface area (Å²) in [6.45, 7) is 2.83. The number of carbonyl (C=O) groups is 3. The molecule has 2 aromatic carbocycles. The number of sulfonamides is 1. The molecule has 42 heavy (non-hydrogen) atoms. The summed E-state index contributed by atoms with van der Waals surface area (Å²) in [7, 11) is -4.44. The number of amides is 3. The number of carboxylic acid groups (broad SMARTS) is 1. The third kappa shape index (κ3) is 6.18. The summed E-state index contributed by atoms with van der Waals surface area (Å²) in [4.78, 5) is 40.8. The Labute approximate surface area is 246 Å². The minimum Gasteiger partial charge on any atom is -0.478 e. The number of hydrogen-bond donors (Lipinski definition) is 4. The minimum absolute atomic E-state index is 0.00379. The minimum atomic E-state index is -4.44. The average molecular weight is 600 g/mol. The van der Waals surface area contributed by atoms with Gasteiger partial charge in [-0.2, -0.15) is 8.79 Å². The van der Waals surface area contributed by atoms with Gasteiger partial charge in [0.15, 0.2) is 5.96 Å². The molecule has 3 amide bonds. The molecule has 3 atom stereocenters. The van der Waals surface area contributed by atoms with Crippen LogP contribution in [0.15, 0.2) is 59.5 Å². The van der Waals surface area contributed by atoms with Crippen molar-refractivity contribution in [2.75, 3.05) is 26.2 Å². The van der Waals surface area contributed by atoms with Gasteiger partial charge in [0.2, 0.25) is 10.0 Å². The molecule has 13 heteroatoms. The molecule has 2 heterocycles. The van der Waals surface area contributed by atoms with Crippen LogP contribution in [0, 0.1) is 11.3 Å². The first-order valence-corrected chi connectivity index (χ1v) is 15.5. The Bertz CT molecular complexity index is 1440. The van der Waals surface area contributed by atoms with Gasteiger partial charge < -0.3 is 21.5 Å².